The van der Waals surface area contributed by atoms with Gasteiger partial charge in [-0.15, -0.1) is 12.4 Å². The molecule has 1 aliphatic rings. The van der Waals surface area contributed by atoms with Gasteiger partial charge in [0.2, 0.25) is 6.79 Å². The van der Waals surface area contributed by atoms with E-state index in [-0.39, 0.29) is 25.2 Å². The first-order valence-corrected chi connectivity index (χ1v) is 6.53. The van der Waals surface area contributed by atoms with Gasteiger partial charge in [0.1, 0.15) is 6.61 Å². The van der Waals surface area contributed by atoms with E-state index >= 15 is 0 Å². The van der Waals surface area contributed by atoms with Crippen molar-refractivity contribution in [3.8, 4) is 11.5 Å². The Bertz CT molecular complexity index is 449. The van der Waals surface area contributed by atoms with Crippen molar-refractivity contribution in [2.24, 2.45) is 0 Å². The number of ether oxygens (including phenoxy) is 3. The van der Waals surface area contributed by atoms with Crippen LogP contribution < -0.4 is 9.47 Å². The van der Waals surface area contributed by atoms with Crippen molar-refractivity contribution in [3.63, 3.8) is 0 Å². The Hall–Kier alpha value is -1.46. The lowest BCUT2D eigenvalue weighted by molar-refractivity contribution is 0.0466. The third-order valence-corrected chi connectivity index (χ3v) is 3.14. The minimum Gasteiger partial charge on any atom is -0.461 e. The monoisotopic (exact) mass is 301 g/mol. The smallest absolute Gasteiger partial charge is 0.338 e. The Morgan fingerprint density at radius 2 is 1.95 bits per heavy atom. The highest BCUT2D eigenvalue weighted by Crippen LogP contribution is 2.32. The summed E-state index contributed by atoms with van der Waals surface area (Å²) in [5.74, 6) is 0.934. The van der Waals surface area contributed by atoms with Gasteiger partial charge in [0.15, 0.2) is 11.5 Å². The molecule has 6 heteroatoms. The van der Waals surface area contributed by atoms with Gasteiger partial charge < -0.3 is 19.1 Å². The summed E-state index contributed by atoms with van der Waals surface area (Å²) in [6.07, 6.45) is 0. The fourth-order valence-electron chi connectivity index (χ4n) is 1.91. The highest BCUT2D eigenvalue weighted by molar-refractivity contribution is 5.90. The number of rotatable bonds is 6. The van der Waals surface area contributed by atoms with Crippen LogP contribution in [0.3, 0.4) is 0 Å². The topological polar surface area (TPSA) is 48.0 Å². The highest BCUT2D eigenvalue weighted by atomic mass is 35.5. The molecule has 0 fully saturated rings. The van der Waals surface area contributed by atoms with E-state index in [9.17, 15) is 4.79 Å². The van der Waals surface area contributed by atoms with Gasteiger partial charge in [0.05, 0.1) is 5.56 Å². The van der Waals surface area contributed by atoms with Crippen LogP contribution in [0.25, 0.3) is 0 Å². The van der Waals surface area contributed by atoms with Crippen molar-refractivity contribution < 1.29 is 19.0 Å². The highest BCUT2D eigenvalue weighted by Gasteiger charge is 2.16. The normalized spacial score (nSPS) is 12.2. The molecule has 0 N–H and O–H groups in total. The van der Waals surface area contributed by atoms with Crippen molar-refractivity contribution in [2.45, 2.75) is 13.8 Å². The molecule has 1 heterocycles. The van der Waals surface area contributed by atoms with Crippen molar-refractivity contribution in [2.75, 3.05) is 33.0 Å². The summed E-state index contributed by atoms with van der Waals surface area (Å²) < 4.78 is 15.7. The Morgan fingerprint density at radius 1 is 1.25 bits per heavy atom. The predicted molar refractivity (Wildman–Crippen MR) is 77.9 cm³/mol. The second-order valence-electron chi connectivity index (χ2n) is 4.23. The lowest BCUT2D eigenvalue weighted by Gasteiger charge is -2.17. The quantitative estimate of drug-likeness (QED) is 0.755. The second kappa shape index (κ2) is 7.97. The Kier molecular flexibility index (Phi) is 6.61. The predicted octanol–water partition coefficient (Wildman–Crippen LogP) is 2.34. The van der Waals surface area contributed by atoms with Crippen LogP contribution in [0.4, 0.5) is 0 Å². The average Bonchev–Trinajstić information content (AvgIpc) is 2.90. The number of nitrogens with zero attached hydrogens (tertiary/aromatic N) is 1. The summed E-state index contributed by atoms with van der Waals surface area (Å²) in [7, 11) is 0. The number of esters is 1. The third-order valence-electron chi connectivity index (χ3n) is 3.14. The van der Waals surface area contributed by atoms with Gasteiger partial charge in [-0.3, -0.25) is 0 Å². The standard InChI is InChI=1S/C14H19NO4.ClH/c1-3-15(4-2)7-8-17-14(16)11-5-6-12-13(9-11)19-10-18-12;/h5-6,9H,3-4,7-8,10H2,1-2H3;1H. The summed E-state index contributed by atoms with van der Waals surface area (Å²) in [6, 6.07) is 5.07. The van der Waals surface area contributed by atoms with Gasteiger partial charge in [0.25, 0.3) is 0 Å². The molecule has 0 aliphatic carbocycles. The van der Waals surface area contributed by atoms with E-state index in [0.717, 1.165) is 19.6 Å². The zero-order chi connectivity index (χ0) is 13.7. The maximum Gasteiger partial charge on any atom is 0.338 e. The number of hydrogen-bond donors (Lipinski definition) is 0. The fraction of sp³-hybridized carbons (Fsp3) is 0.500. The molecular formula is C14H20ClNO4. The molecule has 0 saturated heterocycles. The summed E-state index contributed by atoms with van der Waals surface area (Å²) in [5.41, 5.74) is 0.490. The molecular weight excluding hydrogens is 282 g/mol. The van der Waals surface area contributed by atoms with Gasteiger partial charge in [-0.25, -0.2) is 4.79 Å². The summed E-state index contributed by atoms with van der Waals surface area (Å²) in [4.78, 5) is 14.1. The number of carbonyl (C=O) groups excluding carboxylic acids is 1. The molecule has 0 radical (unpaired) electrons. The van der Waals surface area contributed by atoms with Crippen molar-refractivity contribution in [1.82, 2.24) is 4.90 Å². The Balaban J connectivity index is 0.00000200. The zero-order valence-corrected chi connectivity index (χ0v) is 12.6. The molecule has 0 spiro atoms. The van der Waals surface area contributed by atoms with Gasteiger partial charge in [0, 0.05) is 6.54 Å². The number of halogens is 1. The number of hydrogen-bond acceptors (Lipinski definition) is 5. The van der Waals surface area contributed by atoms with Crippen LogP contribution >= 0.6 is 12.4 Å². The number of benzene rings is 1. The molecule has 2 rings (SSSR count). The van der Waals surface area contributed by atoms with E-state index < -0.39 is 0 Å². The van der Waals surface area contributed by atoms with Crippen molar-refractivity contribution in [1.29, 1.82) is 0 Å². The first-order valence-electron chi connectivity index (χ1n) is 6.53. The largest absolute Gasteiger partial charge is 0.461 e. The minimum atomic E-state index is -0.328. The van der Waals surface area contributed by atoms with Crippen LogP contribution in [-0.2, 0) is 4.74 Å². The molecule has 0 aromatic heterocycles. The van der Waals surface area contributed by atoms with Crippen LogP contribution in [0.1, 0.15) is 24.2 Å². The SMILES string of the molecule is CCN(CC)CCOC(=O)c1ccc2c(c1)OCO2.Cl. The van der Waals surface area contributed by atoms with Gasteiger partial charge in [-0.05, 0) is 31.3 Å². The van der Waals surface area contributed by atoms with E-state index in [0.29, 0.717) is 23.7 Å². The molecule has 1 aromatic carbocycles. The molecule has 0 saturated carbocycles. The first kappa shape index (κ1) is 16.6. The molecule has 5 nitrogen and oxygen atoms in total. The molecule has 112 valence electrons. The number of likely N-dealkylation sites (N-methyl/N-ethyl adjacent to an activating group) is 1. The molecule has 1 aromatic rings. The van der Waals surface area contributed by atoms with Crippen LogP contribution in [0.15, 0.2) is 18.2 Å². The van der Waals surface area contributed by atoms with Crippen LogP contribution in [0, 0.1) is 0 Å². The minimum absolute atomic E-state index is 0. The van der Waals surface area contributed by atoms with E-state index in [4.69, 9.17) is 14.2 Å². The Morgan fingerprint density at radius 3 is 2.65 bits per heavy atom. The molecule has 0 amide bonds. The first-order chi connectivity index (χ1) is 9.24. The molecule has 1 aliphatic heterocycles. The lowest BCUT2D eigenvalue weighted by Crippen LogP contribution is -2.27. The summed E-state index contributed by atoms with van der Waals surface area (Å²) >= 11 is 0. The molecule has 20 heavy (non-hydrogen) atoms. The molecule has 0 unspecified atom stereocenters. The van der Waals surface area contributed by atoms with Gasteiger partial charge in [-0.1, -0.05) is 13.8 Å². The van der Waals surface area contributed by atoms with Crippen LogP contribution in [-0.4, -0.2) is 43.9 Å². The lowest BCUT2D eigenvalue weighted by atomic mass is 10.2. The zero-order valence-electron chi connectivity index (χ0n) is 11.8. The molecule has 0 atom stereocenters. The van der Waals surface area contributed by atoms with E-state index in [2.05, 4.69) is 18.7 Å². The van der Waals surface area contributed by atoms with E-state index in [1.165, 1.54) is 0 Å². The van der Waals surface area contributed by atoms with E-state index in [1.807, 2.05) is 0 Å². The summed E-state index contributed by atoms with van der Waals surface area (Å²) in [5, 5.41) is 0. The average molecular weight is 302 g/mol. The van der Waals surface area contributed by atoms with Crippen LogP contribution in [0.2, 0.25) is 0 Å². The van der Waals surface area contributed by atoms with E-state index in [1.54, 1.807) is 18.2 Å². The van der Waals surface area contributed by atoms with Crippen molar-refractivity contribution in [3.05, 3.63) is 23.8 Å². The van der Waals surface area contributed by atoms with Crippen LogP contribution in [0.5, 0.6) is 11.5 Å². The summed E-state index contributed by atoms with van der Waals surface area (Å²) in [6.45, 7) is 7.44. The van der Waals surface area contributed by atoms with Crippen molar-refractivity contribution >= 4 is 18.4 Å². The molecule has 0 bridgehead atoms. The third kappa shape index (κ3) is 4.02. The fourth-order valence-corrected chi connectivity index (χ4v) is 1.91. The maximum atomic E-state index is 11.9. The number of carbonyl (C=O) groups is 1. The van der Waals surface area contributed by atoms with Gasteiger partial charge >= 0.3 is 5.97 Å². The Labute approximate surface area is 125 Å². The second-order valence-corrected chi connectivity index (χ2v) is 4.23. The number of fused-ring (bicyclic) bond motifs is 1. The van der Waals surface area contributed by atoms with Gasteiger partial charge in [-0.2, -0.15) is 0 Å². The maximum absolute atomic E-state index is 11.9.